The lowest BCUT2D eigenvalue weighted by molar-refractivity contribution is 0.0742. The van der Waals surface area contributed by atoms with Gasteiger partial charge in [-0.25, -0.2) is 4.39 Å². The minimum absolute atomic E-state index is 0.352. The number of hydrogen-bond acceptors (Lipinski definition) is 4. The Labute approximate surface area is 85.1 Å². The third kappa shape index (κ3) is 2.04. The largest absolute Gasteiger partial charge is 0.386 e. The normalized spacial score (nSPS) is 12.2. The molecule has 0 amide bonds. The van der Waals surface area contributed by atoms with Crippen molar-refractivity contribution in [1.29, 1.82) is 0 Å². The molecule has 0 aromatic carbocycles. The van der Waals surface area contributed by atoms with E-state index in [9.17, 15) is 9.50 Å². The zero-order chi connectivity index (χ0) is 10.2. The van der Waals surface area contributed by atoms with E-state index in [0.717, 1.165) is 16.8 Å². The van der Waals surface area contributed by atoms with Crippen molar-refractivity contribution in [3.63, 3.8) is 0 Å². The van der Waals surface area contributed by atoms with Gasteiger partial charge in [0, 0.05) is 10.4 Å². The van der Waals surface area contributed by atoms with E-state index in [1.807, 2.05) is 0 Å². The number of aryl methyl sites for hydroxylation is 1. The van der Waals surface area contributed by atoms with Gasteiger partial charge >= 0.3 is 0 Å². The van der Waals surface area contributed by atoms with Crippen LogP contribution >= 0.6 is 23.3 Å². The van der Waals surface area contributed by atoms with E-state index in [-0.39, 0.29) is 5.82 Å². The summed E-state index contributed by atoms with van der Waals surface area (Å²) >= 11 is 2.15. The number of rotatable bonds is 2. The van der Waals surface area contributed by atoms with Gasteiger partial charge in [0.15, 0.2) is 5.82 Å². The molecule has 74 valence electrons. The summed E-state index contributed by atoms with van der Waals surface area (Å²) in [4.78, 5) is 0.776. The Morgan fingerprint density at radius 2 is 2.08 bits per heavy atom. The maximum atomic E-state index is 13.5. The highest BCUT2D eigenvalue weighted by atomic mass is 32.2. The van der Waals surface area contributed by atoms with E-state index in [2.05, 4.69) is 0 Å². The van der Waals surface area contributed by atoms with Crippen molar-refractivity contribution in [2.75, 3.05) is 0 Å². The van der Waals surface area contributed by atoms with E-state index < -0.39 is 5.60 Å². The Kier molecular flexibility index (Phi) is 3.01. The highest BCUT2D eigenvalue weighted by Crippen LogP contribution is 2.37. The van der Waals surface area contributed by atoms with Gasteiger partial charge in [-0.2, -0.15) is 0 Å². The van der Waals surface area contributed by atoms with Crippen LogP contribution in [-0.4, -0.2) is 5.11 Å². The maximum absolute atomic E-state index is 13.5. The Morgan fingerprint density at radius 3 is 2.31 bits per heavy atom. The van der Waals surface area contributed by atoms with E-state index in [1.54, 1.807) is 20.8 Å². The van der Waals surface area contributed by atoms with E-state index in [1.165, 1.54) is 11.3 Å². The molecule has 0 bridgehead atoms. The molecular formula is C8H12FNOS2. The van der Waals surface area contributed by atoms with Gasteiger partial charge in [-0.05, 0) is 32.7 Å². The second-order valence-electron chi connectivity index (χ2n) is 3.31. The fourth-order valence-electron chi connectivity index (χ4n) is 1.27. The minimum Gasteiger partial charge on any atom is -0.386 e. The molecule has 0 aliphatic heterocycles. The molecule has 0 spiro atoms. The molecule has 0 aliphatic rings. The molecule has 0 unspecified atom stereocenters. The van der Waals surface area contributed by atoms with Crippen molar-refractivity contribution in [3.05, 3.63) is 16.3 Å². The summed E-state index contributed by atoms with van der Waals surface area (Å²) < 4.78 is 14.0. The first-order valence-corrected chi connectivity index (χ1v) is 5.46. The van der Waals surface area contributed by atoms with Gasteiger partial charge in [-0.3, -0.25) is 5.14 Å². The van der Waals surface area contributed by atoms with Crippen molar-refractivity contribution in [1.82, 2.24) is 0 Å². The first-order valence-electron chi connectivity index (χ1n) is 3.76. The molecule has 3 N–H and O–H groups in total. The van der Waals surface area contributed by atoms with Crippen LogP contribution < -0.4 is 5.14 Å². The zero-order valence-electron chi connectivity index (χ0n) is 7.72. The predicted octanol–water partition coefficient (Wildman–Crippen LogP) is 2.39. The first kappa shape index (κ1) is 11.0. The molecule has 1 heterocycles. The van der Waals surface area contributed by atoms with Crippen molar-refractivity contribution < 1.29 is 9.50 Å². The summed E-state index contributed by atoms with van der Waals surface area (Å²) in [7, 11) is 0. The van der Waals surface area contributed by atoms with Crippen LogP contribution in [0.4, 0.5) is 4.39 Å². The van der Waals surface area contributed by atoms with Crippen molar-refractivity contribution in [3.8, 4) is 0 Å². The molecule has 1 rings (SSSR count). The van der Waals surface area contributed by atoms with Crippen molar-refractivity contribution >= 4 is 23.3 Å². The van der Waals surface area contributed by atoms with Crippen LogP contribution in [0.25, 0.3) is 0 Å². The minimum atomic E-state index is -1.14. The molecular weight excluding hydrogens is 209 g/mol. The molecule has 13 heavy (non-hydrogen) atoms. The molecule has 0 atom stereocenters. The molecule has 0 saturated carbocycles. The molecule has 1 aromatic rings. The predicted molar refractivity (Wildman–Crippen MR) is 54.3 cm³/mol. The van der Waals surface area contributed by atoms with Gasteiger partial charge in [0.2, 0.25) is 0 Å². The van der Waals surface area contributed by atoms with Crippen LogP contribution in [0.3, 0.4) is 0 Å². The monoisotopic (exact) mass is 221 g/mol. The number of aliphatic hydroxyl groups is 1. The van der Waals surface area contributed by atoms with E-state index in [4.69, 9.17) is 5.14 Å². The quantitative estimate of drug-likeness (QED) is 0.754. The summed E-state index contributed by atoms with van der Waals surface area (Å²) in [6, 6.07) is 0. The van der Waals surface area contributed by atoms with Crippen LogP contribution in [0.2, 0.25) is 0 Å². The fourth-order valence-corrected chi connectivity index (χ4v) is 2.95. The Bertz CT molecular complexity index is 317. The molecule has 5 heteroatoms. The van der Waals surface area contributed by atoms with Crippen LogP contribution in [0.1, 0.15) is 24.3 Å². The van der Waals surface area contributed by atoms with Crippen molar-refractivity contribution in [2.45, 2.75) is 30.6 Å². The second kappa shape index (κ2) is 3.57. The summed E-state index contributed by atoms with van der Waals surface area (Å²) in [5.41, 5.74) is -0.788. The van der Waals surface area contributed by atoms with Gasteiger partial charge in [0.05, 0.1) is 5.60 Å². The van der Waals surface area contributed by atoms with Gasteiger partial charge in [-0.15, -0.1) is 11.3 Å². The molecule has 2 nitrogen and oxygen atoms in total. The number of nitrogens with two attached hydrogens (primary N) is 1. The smallest absolute Gasteiger partial charge is 0.155 e. The average Bonchev–Trinajstić information content (AvgIpc) is 2.24. The zero-order valence-corrected chi connectivity index (χ0v) is 9.35. The lowest BCUT2D eigenvalue weighted by Gasteiger charge is -2.17. The summed E-state index contributed by atoms with van der Waals surface area (Å²) in [5.74, 6) is -0.387. The topological polar surface area (TPSA) is 46.2 Å². The van der Waals surface area contributed by atoms with E-state index in [0.29, 0.717) is 9.77 Å². The molecule has 0 fully saturated rings. The SMILES string of the molecule is Cc1sc(SN)c(F)c1C(C)(C)O. The van der Waals surface area contributed by atoms with Crippen molar-refractivity contribution in [2.24, 2.45) is 5.14 Å². The van der Waals surface area contributed by atoms with Crippen LogP contribution in [-0.2, 0) is 5.60 Å². The lowest BCUT2D eigenvalue weighted by Crippen LogP contribution is -2.17. The highest BCUT2D eigenvalue weighted by molar-refractivity contribution is 7.99. The Morgan fingerprint density at radius 1 is 1.54 bits per heavy atom. The third-order valence-electron chi connectivity index (χ3n) is 1.72. The lowest BCUT2D eigenvalue weighted by atomic mass is 9.99. The Hall–Kier alpha value is -0.100. The van der Waals surface area contributed by atoms with Gasteiger partial charge < -0.3 is 5.11 Å². The summed E-state index contributed by atoms with van der Waals surface area (Å²) in [5, 5.41) is 15.0. The summed E-state index contributed by atoms with van der Waals surface area (Å²) in [6.07, 6.45) is 0. The first-order chi connectivity index (χ1) is 5.88. The average molecular weight is 221 g/mol. The van der Waals surface area contributed by atoms with Crippen LogP contribution in [0, 0.1) is 12.7 Å². The van der Waals surface area contributed by atoms with Gasteiger partial charge in [0.25, 0.3) is 0 Å². The summed E-state index contributed by atoms with van der Waals surface area (Å²) in [6.45, 7) is 4.91. The Balaban J connectivity index is 3.29. The van der Waals surface area contributed by atoms with Crippen LogP contribution in [0.15, 0.2) is 4.21 Å². The molecule has 0 saturated heterocycles. The molecule has 0 radical (unpaired) electrons. The third-order valence-corrected chi connectivity index (χ3v) is 3.52. The number of thiophene rings is 1. The number of halogens is 1. The number of hydrogen-bond donors (Lipinski definition) is 2. The second-order valence-corrected chi connectivity index (χ2v) is 5.44. The molecule has 1 aromatic heterocycles. The van der Waals surface area contributed by atoms with Gasteiger partial charge in [0.1, 0.15) is 4.21 Å². The fraction of sp³-hybridized carbons (Fsp3) is 0.500. The van der Waals surface area contributed by atoms with E-state index >= 15 is 0 Å². The standard InChI is InChI=1S/C8H12FNOS2/c1-4-5(8(2,3)11)6(9)7(12-4)13-10/h11H,10H2,1-3H3. The van der Waals surface area contributed by atoms with Crippen LogP contribution in [0.5, 0.6) is 0 Å². The highest BCUT2D eigenvalue weighted by Gasteiger charge is 2.27. The maximum Gasteiger partial charge on any atom is 0.155 e. The molecule has 0 aliphatic carbocycles. The van der Waals surface area contributed by atoms with Gasteiger partial charge in [-0.1, -0.05) is 0 Å².